The maximum atomic E-state index is 5.53. The second-order valence-corrected chi connectivity index (χ2v) is 3.38. The highest BCUT2D eigenvalue weighted by Crippen LogP contribution is 2.27. The van der Waals surface area contributed by atoms with E-state index in [-0.39, 0.29) is 0 Å². The highest BCUT2D eigenvalue weighted by molar-refractivity contribution is 5.12. The van der Waals surface area contributed by atoms with Crippen LogP contribution in [0.1, 0.15) is 26.2 Å². The molecule has 11 heavy (non-hydrogen) atoms. The Morgan fingerprint density at radius 3 is 2.91 bits per heavy atom. The van der Waals surface area contributed by atoms with Gasteiger partial charge in [-0.25, -0.2) is 0 Å². The summed E-state index contributed by atoms with van der Waals surface area (Å²) in [4.78, 5) is 0. The summed E-state index contributed by atoms with van der Waals surface area (Å²) in [6.45, 7) is 6.83. The minimum atomic E-state index is 0.713. The number of allylic oxidation sites excluding steroid dienone is 2. The molecule has 0 bridgehead atoms. The highest BCUT2D eigenvalue weighted by atomic mass is 14.5. The maximum absolute atomic E-state index is 5.53. The molecule has 1 atom stereocenters. The molecule has 1 rings (SSSR count). The molecule has 0 saturated carbocycles. The number of nitrogens with two attached hydrogens (primary N) is 1. The SMILES string of the molecule is C=C(C)C1CC=C(CN)CC1. The molecule has 0 aromatic heterocycles. The zero-order chi connectivity index (χ0) is 8.27. The van der Waals surface area contributed by atoms with Crippen LogP contribution >= 0.6 is 0 Å². The average molecular weight is 151 g/mol. The molecule has 1 aliphatic rings. The van der Waals surface area contributed by atoms with Crippen molar-refractivity contribution in [3.8, 4) is 0 Å². The second-order valence-electron chi connectivity index (χ2n) is 3.38. The number of hydrogen-bond acceptors (Lipinski definition) is 1. The van der Waals surface area contributed by atoms with Crippen molar-refractivity contribution in [2.24, 2.45) is 11.7 Å². The topological polar surface area (TPSA) is 26.0 Å². The Morgan fingerprint density at radius 2 is 2.55 bits per heavy atom. The Labute approximate surface area is 69.0 Å². The van der Waals surface area contributed by atoms with Gasteiger partial charge in [0.25, 0.3) is 0 Å². The van der Waals surface area contributed by atoms with E-state index in [0.29, 0.717) is 5.92 Å². The summed E-state index contributed by atoms with van der Waals surface area (Å²) in [6, 6.07) is 0. The first-order chi connectivity index (χ1) is 5.24. The van der Waals surface area contributed by atoms with Gasteiger partial charge in [-0.15, -0.1) is 0 Å². The molecular formula is C10H17N. The molecule has 62 valence electrons. The van der Waals surface area contributed by atoms with Crippen molar-refractivity contribution < 1.29 is 0 Å². The van der Waals surface area contributed by atoms with Crippen LogP contribution in [0.5, 0.6) is 0 Å². The van der Waals surface area contributed by atoms with Crippen molar-refractivity contribution in [3.05, 3.63) is 23.8 Å². The van der Waals surface area contributed by atoms with E-state index in [4.69, 9.17) is 5.73 Å². The zero-order valence-corrected chi connectivity index (χ0v) is 7.27. The van der Waals surface area contributed by atoms with Crippen LogP contribution in [0.2, 0.25) is 0 Å². The van der Waals surface area contributed by atoms with E-state index >= 15 is 0 Å². The summed E-state index contributed by atoms with van der Waals surface area (Å²) >= 11 is 0. The van der Waals surface area contributed by atoms with Gasteiger partial charge in [-0.2, -0.15) is 0 Å². The van der Waals surface area contributed by atoms with Crippen LogP contribution in [0.15, 0.2) is 23.8 Å². The smallest absolute Gasteiger partial charge is 0.0136 e. The monoisotopic (exact) mass is 151 g/mol. The molecule has 0 fully saturated rings. The summed E-state index contributed by atoms with van der Waals surface area (Å²) in [5.74, 6) is 0.713. The first-order valence-electron chi connectivity index (χ1n) is 4.27. The molecule has 1 unspecified atom stereocenters. The second kappa shape index (κ2) is 3.72. The molecule has 1 nitrogen and oxygen atoms in total. The maximum Gasteiger partial charge on any atom is 0.0136 e. The van der Waals surface area contributed by atoms with Crippen LogP contribution in [0.4, 0.5) is 0 Å². The zero-order valence-electron chi connectivity index (χ0n) is 7.27. The molecule has 0 aromatic carbocycles. The van der Waals surface area contributed by atoms with Gasteiger partial charge in [0, 0.05) is 6.54 Å². The third kappa shape index (κ3) is 2.19. The fourth-order valence-corrected chi connectivity index (χ4v) is 1.52. The Morgan fingerprint density at radius 1 is 1.82 bits per heavy atom. The Kier molecular flexibility index (Phi) is 2.89. The normalized spacial score (nSPS) is 24.5. The van der Waals surface area contributed by atoms with Crippen LogP contribution in [0, 0.1) is 5.92 Å². The van der Waals surface area contributed by atoms with E-state index in [1.165, 1.54) is 24.0 Å². The van der Waals surface area contributed by atoms with Crippen molar-refractivity contribution >= 4 is 0 Å². The minimum absolute atomic E-state index is 0.713. The number of hydrogen-bond donors (Lipinski definition) is 1. The molecule has 0 spiro atoms. The highest BCUT2D eigenvalue weighted by Gasteiger charge is 2.13. The Bertz CT molecular complexity index is 179. The van der Waals surface area contributed by atoms with Crippen molar-refractivity contribution in [2.45, 2.75) is 26.2 Å². The lowest BCUT2D eigenvalue weighted by Crippen LogP contribution is -2.11. The molecule has 0 saturated heterocycles. The van der Waals surface area contributed by atoms with Gasteiger partial charge in [-0.1, -0.05) is 23.8 Å². The molecule has 0 amide bonds. The van der Waals surface area contributed by atoms with Crippen molar-refractivity contribution in [1.29, 1.82) is 0 Å². The lowest BCUT2D eigenvalue weighted by molar-refractivity contribution is 0.537. The van der Waals surface area contributed by atoms with Crippen LogP contribution in [-0.4, -0.2) is 6.54 Å². The predicted molar refractivity (Wildman–Crippen MR) is 49.3 cm³/mol. The minimum Gasteiger partial charge on any atom is -0.327 e. The van der Waals surface area contributed by atoms with Crippen molar-refractivity contribution in [1.82, 2.24) is 0 Å². The quantitative estimate of drug-likeness (QED) is 0.602. The first-order valence-corrected chi connectivity index (χ1v) is 4.27. The third-order valence-electron chi connectivity index (χ3n) is 2.46. The lowest BCUT2D eigenvalue weighted by atomic mass is 9.86. The van der Waals surface area contributed by atoms with E-state index in [1.54, 1.807) is 0 Å². The van der Waals surface area contributed by atoms with Crippen molar-refractivity contribution in [3.63, 3.8) is 0 Å². The van der Waals surface area contributed by atoms with Gasteiger partial charge in [-0.3, -0.25) is 0 Å². The van der Waals surface area contributed by atoms with Gasteiger partial charge in [0.05, 0.1) is 0 Å². The standard InChI is InChI=1S/C10H17N/c1-8(2)10-5-3-9(7-11)4-6-10/h3,10H,1,4-7,11H2,2H3. The predicted octanol–water partition coefficient (Wildman–Crippen LogP) is 2.25. The summed E-state index contributed by atoms with van der Waals surface area (Å²) in [7, 11) is 0. The van der Waals surface area contributed by atoms with Gasteiger partial charge in [-0.05, 0) is 32.1 Å². The Hall–Kier alpha value is -0.560. The molecule has 0 aliphatic heterocycles. The van der Waals surface area contributed by atoms with Gasteiger partial charge in [0.1, 0.15) is 0 Å². The summed E-state index contributed by atoms with van der Waals surface area (Å²) < 4.78 is 0. The molecular weight excluding hydrogens is 134 g/mol. The van der Waals surface area contributed by atoms with Gasteiger partial charge < -0.3 is 5.73 Å². The molecule has 1 heteroatoms. The summed E-state index contributed by atoms with van der Waals surface area (Å²) in [6.07, 6.45) is 5.86. The van der Waals surface area contributed by atoms with Crippen LogP contribution in [0.3, 0.4) is 0 Å². The summed E-state index contributed by atoms with van der Waals surface area (Å²) in [5.41, 5.74) is 8.27. The largest absolute Gasteiger partial charge is 0.327 e. The van der Waals surface area contributed by atoms with Crippen LogP contribution in [0.25, 0.3) is 0 Å². The average Bonchev–Trinajstić information content (AvgIpc) is 2.05. The van der Waals surface area contributed by atoms with Gasteiger partial charge in [0.2, 0.25) is 0 Å². The molecule has 0 radical (unpaired) electrons. The number of rotatable bonds is 2. The fraction of sp³-hybridized carbons (Fsp3) is 0.600. The molecule has 0 aromatic rings. The Balaban J connectivity index is 2.47. The van der Waals surface area contributed by atoms with Gasteiger partial charge in [0.15, 0.2) is 0 Å². The lowest BCUT2D eigenvalue weighted by Gasteiger charge is -2.21. The van der Waals surface area contributed by atoms with Crippen LogP contribution in [-0.2, 0) is 0 Å². The van der Waals surface area contributed by atoms with Crippen LogP contribution < -0.4 is 5.73 Å². The first kappa shape index (κ1) is 8.54. The van der Waals surface area contributed by atoms with Gasteiger partial charge >= 0.3 is 0 Å². The van der Waals surface area contributed by atoms with E-state index in [0.717, 1.165) is 13.0 Å². The molecule has 1 aliphatic carbocycles. The van der Waals surface area contributed by atoms with E-state index in [9.17, 15) is 0 Å². The van der Waals surface area contributed by atoms with E-state index < -0.39 is 0 Å². The van der Waals surface area contributed by atoms with E-state index in [1.807, 2.05) is 0 Å². The third-order valence-corrected chi connectivity index (χ3v) is 2.46. The van der Waals surface area contributed by atoms with Crippen molar-refractivity contribution in [2.75, 3.05) is 6.54 Å². The fourth-order valence-electron chi connectivity index (χ4n) is 1.52. The molecule has 0 heterocycles. The van der Waals surface area contributed by atoms with E-state index in [2.05, 4.69) is 19.6 Å². The molecule has 2 N–H and O–H groups in total. The summed E-state index contributed by atoms with van der Waals surface area (Å²) in [5, 5.41) is 0.